The first kappa shape index (κ1) is 24.4. The van der Waals surface area contributed by atoms with E-state index >= 15 is 0 Å². The maximum Gasteiger partial charge on any atom is 0.119 e. The average molecular weight is 393 g/mol. The molecule has 146 valence electrons. The van der Waals surface area contributed by atoms with Gasteiger partial charge in [-0.3, -0.25) is 9.80 Å². The molecular weight excluding hydrogens is 363 g/mol. The fourth-order valence-electron chi connectivity index (χ4n) is 2.83. The molecule has 0 saturated carbocycles. The van der Waals surface area contributed by atoms with E-state index in [1.54, 1.807) is 0 Å². The molecule has 1 heterocycles. The minimum atomic E-state index is -0.482. The molecule has 1 aromatic rings. The number of halogens is 2. The Bertz CT molecular complexity index is 452. The summed E-state index contributed by atoms with van der Waals surface area (Å²) >= 11 is 0. The normalized spacial score (nSPS) is 16.8. The zero-order valence-electron chi connectivity index (χ0n) is 15.1. The summed E-state index contributed by atoms with van der Waals surface area (Å²) in [5.41, 5.74) is 1.29. The Labute approximate surface area is 163 Å². The molecule has 25 heavy (non-hydrogen) atoms. The molecule has 2 N–H and O–H groups in total. The first-order valence-electron chi connectivity index (χ1n) is 8.55. The van der Waals surface area contributed by atoms with E-state index in [1.165, 1.54) is 5.56 Å². The van der Waals surface area contributed by atoms with Crippen LogP contribution in [0.5, 0.6) is 5.75 Å². The van der Waals surface area contributed by atoms with Gasteiger partial charge in [-0.2, -0.15) is 0 Å². The van der Waals surface area contributed by atoms with Crippen LogP contribution in [0.15, 0.2) is 24.3 Å². The molecule has 7 heteroatoms. The number of aliphatic hydroxyl groups excluding tert-OH is 2. The summed E-state index contributed by atoms with van der Waals surface area (Å²) in [6.45, 7) is 10.0. The van der Waals surface area contributed by atoms with Crippen LogP contribution in [0, 0.1) is 0 Å². The molecule has 1 atom stereocenters. The lowest BCUT2D eigenvalue weighted by Crippen LogP contribution is -3.00. The number of ether oxygens (including phenoxy) is 1. The largest absolute Gasteiger partial charge is 1.00 e. The Hall–Kier alpha value is -0.560. The third-order valence-corrected chi connectivity index (χ3v) is 4.34. The lowest BCUT2D eigenvalue weighted by atomic mass is 10.0. The minimum Gasteiger partial charge on any atom is -1.00 e. The van der Waals surface area contributed by atoms with Gasteiger partial charge in [0.25, 0.3) is 0 Å². The van der Waals surface area contributed by atoms with Crippen LogP contribution in [0.3, 0.4) is 0 Å². The Kier molecular flexibility index (Phi) is 12.5. The first-order chi connectivity index (χ1) is 11.1. The lowest BCUT2D eigenvalue weighted by Gasteiger charge is -2.35. The van der Waals surface area contributed by atoms with Crippen LogP contribution < -0.4 is 29.6 Å². The van der Waals surface area contributed by atoms with E-state index in [4.69, 9.17) is 9.84 Å². The topological polar surface area (TPSA) is 56.2 Å². The van der Waals surface area contributed by atoms with Gasteiger partial charge >= 0.3 is 0 Å². The number of rotatable bonds is 8. The number of β-amino-alcohol motifs (C(OH)–C–C–N with tert-alkyl or cyclic N) is 2. The van der Waals surface area contributed by atoms with E-state index in [9.17, 15) is 5.11 Å². The zero-order valence-corrected chi connectivity index (χ0v) is 16.6. The molecular formula is C18H30Cl2N2O3-2. The molecule has 0 radical (unpaired) electrons. The molecule has 1 fully saturated rings. The van der Waals surface area contributed by atoms with Crippen LogP contribution >= 0.6 is 0 Å². The van der Waals surface area contributed by atoms with E-state index < -0.39 is 6.10 Å². The average Bonchev–Trinajstić information content (AvgIpc) is 2.55. The van der Waals surface area contributed by atoms with Gasteiger partial charge in [-0.15, -0.1) is 0 Å². The highest BCUT2D eigenvalue weighted by Crippen LogP contribution is 2.18. The predicted molar refractivity (Wildman–Crippen MR) is 92.0 cm³/mol. The molecule has 1 aliphatic rings. The summed E-state index contributed by atoms with van der Waals surface area (Å²) in [6.07, 6.45) is -0.482. The van der Waals surface area contributed by atoms with Crippen LogP contribution in [0.2, 0.25) is 0 Å². The van der Waals surface area contributed by atoms with Gasteiger partial charge in [-0.1, -0.05) is 26.0 Å². The van der Waals surface area contributed by atoms with Gasteiger partial charge in [-0.25, -0.2) is 0 Å². The number of piperazine rings is 1. The van der Waals surface area contributed by atoms with Crippen molar-refractivity contribution in [3.8, 4) is 5.75 Å². The second kappa shape index (κ2) is 12.7. The third kappa shape index (κ3) is 8.58. The number of hydrogen-bond acceptors (Lipinski definition) is 5. The van der Waals surface area contributed by atoms with E-state index in [-0.39, 0.29) is 31.4 Å². The van der Waals surface area contributed by atoms with Crippen LogP contribution in [0.25, 0.3) is 0 Å². The summed E-state index contributed by atoms with van der Waals surface area (Å²) in [5, 5.41) is 19.1. The van der Waals surface area contributed by atoms with Crippen molar-refractivity contribution < 1.29 is 39.8 Å². The molecule has 0 spiro atoms. The summed E-state index contributed by atoms with van der Waals surface area (Å²) in [5.74, 6) is 1.32. The minimum absolute atomic E-state index is 0. The number of nitrogens with zero attached hydrogens (tertiary/aromatic N) is 2. The molecule has 1 aliphatic heterocycles. The predicted octanol–water partition coefficient (Wildman–Crippen LogP) is -4.83. The van der Waals surface area contributed by atoms with Gasteiger partial charge in [-0.05, 0) is 23.6 Å². The van der Waals surface area contributed by atoms with Crippen LogP contribution in [0.4, 0.5) is 0 Å². The van der Waals surface area contributed by atoms with Gasteiger partial charge in [0.1, 0.15) is 18.5 Å². The molecule has 1 unspecified atom stereocenters. The Morgan fingerprint density at radius 2 is 1.56 bits per heavy atom. The summed E-state index contributed by atoms with van der Waals surface area (Å²) in [6, 6.07) is 8.09. The number of aliphatic hydroxyl groups is 2. The highest BCUT2D eigenvalue weighted by Gasteiger charge is 2.19. The van der Waals surface area contributed by atoms with Crippen molar-refractivity contribution in [2.24, 2.45) is 0 Å². The van der Waals surface area contributed by atoms with Gasteiger partial charge in [0, 0.05) is 39.3 Å². The van der Waals surface area contributed by atoms with Gasteiger partial charge < -0.3 is 39.8 Å². The second-order valence-electron chi connectivity index (χ2n) is 6.55. The molecule has 0 aliphatic carbocycles. The van der Waals surface area contributed by atoms with Crippen LogP contribution in [0.1, 0.15) is 25.3 Å². The van der Waals surface area contributed by atoms with Gasteiger partial charge in [0.15, 0.2) is 0 Å². The molecule has 1 saturated heterocycles. The number of hydrogen-bond donors (Lipinski definition) is 2. The summed E-state index contributed by atoms with van der Waals surface area (Å²) < 4.78 is 5.68. The first-order valence-corrected chi connectivity index (χ1v) is 8.55. The number of benzene rings is 1. The maximum atomic E-state index is 10.2. The van der Waals surface area contributed by atoms with Crippen LogP contribution in [-0.2, 0) is 0 Å². The van der Waals surface area contributed by atoms with E-state index in [2.05, 4.69) is 35.8 Å². The fourth-order valence-corrected chi connectivity index (χ4v) is 2.83. The summed E-state index contributed by atoms with van der Waals surface area (Å²) in [4.78, 5) is 4.50. The van der Waals surface area contributed by atoms with Crippen molar-refractivity contribution in [2.75, 3.05) is 52.5 Å². The molecule has 1 aromatic carbocycles. The van der Waals surface area contributed by atoms with Gasteiger partial charge in [0.05, 0.1) is 6.61 Å². The SMILES string of the molecule is CC(C)c1ccc(OCC(O)CN2CCN(CCO)CC2)cc1.[Cl-].[Cl-]. The van der Waals surface area contributed by atoms with E-state index in [0.717, 1.165) is 38.5 Å². The van der Waals surface area contributed by atoms with E-state index in [0.29, 0.717) is 19.1 Å². The standard InChI is InChI=1S/C18H30N2O3.2ClH/c1-15(2)16-3-5-18(6-4-16)23-14-17(22)13-20-9-7-19(8-10-20)11-12-21;;/h3-6,15,17,21-22H,7-14H2,1-2H3;2*1H/p-2. The Balaban J connectivity index is 0.00000288. The monoisotopic (exact) mass is 392 g/mol. The van der Waals surface area contributed by atoms with Crippen molar-refractivity contribution >= 4 is 0 Å². The fraction of sp³-hybridized carbons (Fsp3) is 0.667. The Morgan fingerprint density at radius 1 is 1.00 bits per heavy atom. The molecule has 2 rings (SSSR count). The van der Waals surface area contributed by atoms with Crippen molar-refractivity contribution in [1.29, 1.82) is 0 Å². The highest BCUT2D eigenvalue weighted by molar-refractivity contribution is 5.28. The van der Waals surface area contributed by atoms with Gasteiger partial charge in [0.2, 0.25) is 0 Å². The van der Waals surface area contributed by atoms with Crippen molar-refractivity contribution in [3.05, 3.63) is 29.8 Å². The van der Waals surface area contributed by atoms with Crippen molar-refractivity contribution in [3.63, 3.8) is 0 Å². The highest BCUT2D eigenvalue weighted by atomic mass is 35.5. The van der Waals surface area contributed by atoms with E-state index in [1.807, 2.05) is 12.1 Å². The van der Waals surface area contributed by atoms with Crippen LogP contribution in [-0.4, -0.2) is 78.6 Å². The van der Waals surface area contributed by atoms with Crippen molar-refractivity contribution in [1.82, 2.24) is 9.80 Å². The molecule has 0 amide bonds. The smallest absolute Gasteiger partial charge is 0.119 e. The summed E-state index contributed by atoms with van der Waals surface area (Å²) in [7, 11) is 0. The lowest BCUT2D eigenvalue weighted by molar-refractivity contribution is -0.001000. The molecule has 0 bridgehead atoms. The quantitative estimate of drug-likeness (QED) is 0.464. The molecule has 0 aromatic heterocycles. The Morgan fingerprint density at radius 3 is 2.08 bits per heavy atom. The third-order valence-electron chi connectivity index (χ3n) is 4.34. The van der Waals surface area contributed by atoms with Crippen molar-refractivity contribution in [2.45, 2.75) is 25.9 Å². The zero-order chi connectivity index (χ0) is 16.7. The maximum absolute atomic E-state index is 10.2. The molecule has 5 nitrogen and oxygen atoms in total. The second-order valence-corrected chi connectivity index (χ2v) is 6.55.